The monoisotopic (exact) mass is 474 g/mol. The van der Waals surface area contributed by atoms with E-state index in [9.17, 15) is 9.59 Å². The van der Waals surface area contributed by atoms with Gasteiger partial charge in [-0.05, 0) is 38.5 Å². The molecule has 4 N–H and O–H groups in total. The average Bonchev–Trinajstić information content (AvgIpc) is 3.10. The average molecular weight is 475 g/mol. The van der Waals surface area contributed by atoms with Gasteiger partial charge in [0.05, 0.1) is 23.1 Å². The van der Waals surface area contributed by atoms with Crippen LogP contribution in [0.2, 0.25) is 0 Å². The van der Waals surface area contributed by atoms with E-state index in [0.29, 0.717) is 51.7 Å². The van der Waals surface area contributed by atoms with E-state index in [1.54, 1.807) is 30.1 Å². The van der Waals surface area contributed by atoms with E-state index in [0.717, 1.165) is 6.08 Å². The van der Waals surface area contributed by atoms with Crippen LogP contribution in [0.5, 0.6) is 0 Å². The molecule has 4 aromatic rings. The minimum absolute atomic E-state index is 0.0402. The van der Waals surface area contributed by atoms with Crippen LogP contribution in [0.15, 0.2) is 41.2 Å². The summed E-state index contributed by atoms with van der Waals surface area (Å²) in [4.78, 5) is 38.2. The first kappa shape index (κ1) is 23.6. The highest BCUT2D eigenvalue weighted by Gasteiger charge is 2.24. The number of aromatic nitrogens is 6. The SMILES string of the molecule is CCC(Nc1nc(N)nc(C)c1C=CC(=O)O)c1nc2c(c(C)nn2C)c(=O)n1-c1ccccc1. The number of aryl methyl sites for hydroxylation is 3. The second-order valence-corrected chi connectivity index (χ2v) is 8.06. The maximum Gasteiger partial charge on any atom is 0.328 e. The molecule has 1 atom stereocenters. The molecule has 0 aliphatic heterocycles. The minimum Gasteiger partial charge on any atom is -0.478 e. The Bertz CT molecular complexity index is 1510. The molecule has 35 heavy (non-hydrogen) atoms. The number of carbonyl (C=O) groups is 1. The second kappa shape index (κ2) is 9.37. The lowest BCUT2D eigenvalue weighted by atomic mass is 10.1. The van der Waals surface area contributed by atoms with Crippen molar-refractivity contribution in [3.05, 3.63) is 69.5 Å². The van der Waals surface area contributed by atoms with Gasteiger partial charge in [0.25, 0.3) is 5.56 Å². The third-order valence-electron chi connectivity index (χ3n) is 5.65. The summed E-state index contributed by atoms with van der Waals surface area (Å²) in [6.07, 6.45) is 2.96. The van der Waals surface area contributed by atoms with E-state index in [-0.39, 0.29) is 11.5 Å². The van der Waals surface area contributed by atoms with Crippen LogP contribution in [0.3, 0.4) is 0 Å². The summed E-state index contributed by atoms with van der Waals surface area (Å²) < 4.78 is 3.16. The molecule has 0 saturated carbocycles. The molecule has 180 valence electrons. The summed E-state index contributed by atoms with van der Waals surface area (Å²) >= 11 is 0. The molecule has 0 saturated heterocycles. The van der Waals surface area contributed by atoms with Gasteiger partial charge in [-0.3, -0.25) is 9.36 Å². The summed E-state index contributed by atoms with van der Waals surface area (Å²) in [5, 5.41) is 17.3. The van der Waals surface area contributed by atoms with E-state index >= 15 is 0 Å². The Morgan fingerprint density at radius 2 is 1.89 bits per heavy atom. The van der Waals surface area contributed by atoms with E-state index in [1.807, 2.05) is 37.3 Å². The van der Waals surface area contributed by atoms with Gasteiger partial charge in [-0.15, -0.1) is 0 Å². The number of para-hydroxylation sites is 1. The predicted octanol–water partition coefficient (Wildman–Crippen LogP) is 2.77. The van der Waals surface area contributed by atoms with Gasteiger partial charge >= 0.3 is 5.97 Å². The molecule has 1 aromatic carbocycles. The van der Waals surface area contributed by atoms with Crippen LogP contribution in [0.25, 0.3) is 22.8 Å². The zero-order valence-electron chi connectivity index (χ0n) is 19.9. The molecular formula is C24H26N8O3. The summed E-state index contributed by atoms with van der Waals surface area (Å²) in [6, 6.07) is 8.77. The fourth-order valence-electron chi connectivity index (χ4n) is 4.04. The number of carboxylic acids is 1. The van der Waals surface area contributed by atoms with Crippen molar-refractivity contribution in [1.82, 2.24) is 29.3 Å². The molecule has 3 aromatic heterocycles. The number of hydrogen-bond donors (Lipinski definition) is 3. The number of hydrogen-bond acceptors (Lipinski definition) is 8. The lowest BCUT2D eigenvalue weighted by Gasteiger charge is -2.23. The van der Waals surface area contributed by atoms with Gasteiger partial charge in [0, 0.05) is 18.7 Å². The van der Waals surface area contributed by atoms with Gasteiger partial charge in [-0.2, -0.15) is 10.1 Å². The van der Waals surface area contributed by atoms with E-state index in [1.165, 1.54) is 6.08 Å². The number of nitrogens with zero attached hydrogens (tertiary/aromatic N) is 6. The van der Waals surface area contributed by atoms with Crippen LogP contribution >= 0.6 is 0 Å². The van der Waals surface area contributed by atoms with Crippen molar-refractivity contribution in [2.75, 3.05) is 11.1 Å². The molecule has 0 fully saturated rings. The van der Waals surface area contributed by atoms with Crippen molar-refractivity contribution in [1.29, 1.82) is 0 Å². The van der Waals surface area contributed by atoms with Crippen LogP contribution in [0.1, 0.15) is 42.2 Å². The van der Waals surface area contributed by atoms with Gasteiger partial charge in [0.15, 0.2) is 5.65 Å². The number of nitrogen functional groups attached to an aromatic ring is 1. The lowest BCUT2D eigenvalue weighted by molar-refractivity contribution is -0.131. The van der Waals surface area contributed by atoms with E-state index in [2.05, 4.69) is 20.4 Å². The lowest BCUT2D eigenvalue weighted by Crippen LogP contribution is -2.28. The first-order valence-corrected chi connectivity index (χ1v) is 11.0. The number of aliphatic carboxylic acids is 1. The highest BCUT2D eigenvalue weighted by Crippen LogP contribution is 2.27. The van der Waals surface area contributed by atoms with Crippen molar-refractivity contribution >= 4 is 34.8 Å². The highest BCUT2D eigenvalue weighted by atomic mass is 16.4. The number of carboxylic acid groups (broad SMARTS) is 1. The Morgan fingerprint density at radius 3 is 2.54 bits per heavy atom. The molecule has 4 rings (SSSR count). The normalized spacial score (nSPS) is 12.3. The van der Waals surface area contributed by atoms with Gasteiger partial charge in [0.1, 0.15) is 17.0 Å². The molecule has 0 aliphatic rings. The molecular weight excluding hydrogens is 448 g/mol. The summed E-state index contributed by atoms with van der Waals surface area (Å²) in [7, 11) is 1.75. The molecule has 11 heteroatoms. The van der Waals surface area contributed by atoms with Crippen molar-refractivity contribution in [3.8, 4) is 5.69 Å². The molecule has 3 heterocycles. The number of nitrogens with two attached hydrogens (primary N) is 1. The minimum atomic E-state index is -1.10. The van der Waals surface area contributed by atoms with Crippen molar-refractivity contribution < 1.29 is 9.90 Å². The molecule has 0 aliphatic carbocycles. The Balaban J connectivity index is 1.94. The molecule has 0 spiro atoms. The first-order chi connectivity index (χ1) is 16.7. The van der Waals surface area contributed by atoms with Gasteiger partial charge in [-0.25, -0.2) is 19.4 Å². The quantitative estimate of drug-likeness (QED) is 0.343. The molecule has 0 amide bonds. The number of rotatable bonds is 7. The maximum absolute atomic E-state index is 13.7. The molecule has 0 radical (unpaired) electrons. The molecule has 1 unspecified atom stereocenters. The number of benzene rings is 1. The number of nitrogens with one attached hydrogen (secondary N) is 1. The Morgan fingerprint density at radius 1 is 1.17 bits per heavy atom. The van der Waals surface area contributed by atoms with Crippen molar-refractivity contribution in [2.24, 2.45) is 7.05 Å². The van der Waals surface area contributed by atoms with Crippen LogP contribution in [0.4, 0.5) is 11.8 Å². The fraction of sp³-hybridized carbons (Fsp3) is 0.250. The van der Waals surface area contributed by atoms with Crippen molar-refractivity contribution in [2.45, 2.75) is 33.2 Å². The zero-order chi connectivity index (χ0) is 25.3. The largest absolute Gasteiger partial charge is 0.478 e. The van der Waals surface area contributed by atoms with E-state index in [4.69, 9.17) is 15.8 Å². The third kappa shape index (κ3) is 4.47. The van der Waals surface area contributed by atoms with E-state index < -0.39 is 12.0 Å². The predicted molar refractivity (Wildman–Crippen MR) is 133 cm³/mol. The van der Waals surface area contributed by atoms with Crippen LogP contribution in [0, 0.1) is 13.8 Å². The molecule has 11 nitrogen and oxygen atoms in total. The Hall–Kier alpha value is -4.54. The maximum atomic E-state index is 13.7. The first-order valence-electron chi connectivity index (χ1n) is 11.0. The number of fused-ring (bicyclic) bond motifs is 1. The zero-order valence-corrected chi connectivity index (χ0v) is 19.9. The fourth-order valence-corrected chi connectivity index (χ4v) is 4.04. The Labute approximate surface area is 201 Å². The summed E-state index contributed by atoms with van der Waals surface area (Å²) in [5.41, 5.74) is 8.39. The Kier molecular flexibility index (Phi) is 6.32. The third-order valence-corrected chi connectivity index (χ3v) is 5.65. The van der Waals surface area contributed by atoms with Crippen LogP contribution < -0.4 is 16.6 Å². The summed E-state index contributed by atoms with van der Waals surface area (Å²) in [6.45, 7) is 5.44. The van der Waals surface area contributed by atoms with Gasteiger partial charge < -0.3 is 16.2 Å². The molecule has 0 bridgehead atoms. The van der Waals surface area contributed by atoms with Crippen molar-refractivity contribution in [3.63, 3.8) is 0 Å². The smallest absolute Gasteiger partial charge is 0.328 e. The topological polar surface area (TPSA) is 154 Å². The van der Waals surface area contributed by atoms with Gasteiger partial charge in [-0.1, -0.05) is 25.1 Å². The second-order valence-electron chi connectivity index (χ2n) is 8.06. The highest BCUT2D eigenvalue weighted by molar-refractivity contribution is 5.87. The van der Waals surface area contributed by atoms with Gasteiger partial charge in [0.2, 0.25) is 5.95 Å². The standard InChI is InChI=1S/C24H26N8O3/c1-5-17(27-20-16(11-12-18(33)34)13(2)26-24(25)28-20)21-29-22-19(14(3)30-31(22)4)23(35)32(21)15-9-7-6-8-10-15/h6-12,17H,5H2,1-4H3,(H,33,34)(H3,25,26,27,28). The summed E-state index contributed by atoms with van der Waals surface area (Å²) in [5.74, 6) is -0.258. The van der Waals surface area contributed by atoms with Crippen LogP contribution in [-0.4, -0.2) is 40.4 Å². The number of anilines is 2. The van der Waals surface area contributed by atoms with Crippen LogP contribution in [-0.2, 0) is 11.8 Å².